The second-order valence-corrected chi connectivity index (χ2v) is 5.62. The predicted octanol–water partition coefficient (Wildman–Crippen LogP) is 0.745. The number of benzene rings is 1. The van der Waals surface area contributed by atoms with Crippen LogP contribution < -0.4 is 17.1 Å². The maximum atomic E-state index is 6.29. The van der Waals surface area contributed by atoms with Gasteiger partial charge >= 0.3 is 0 Å². The van der Waals surface area contributed by atoms with E-state index in [-0.39, 0.29) is 12.4 Å². The van der Waals surface area contributed by atoms with Gasteiger partial charge in [0.25, 0.3) is 0 Å². The summed E-state index contributed by atoms with van der Waals surface area (Å²) in [6.45, 7) is 7.50. The van der Waals surface area contributed by atoms with E-state index in [2.05, 4.69) is 17.9 Å². The van der Waals surface area contributed by atoms with Crippen LogP contribution in [0.2, 0.25) is 5.02 Å². The Kier molecular flexibility index (Phi) is 9.09. The fourth-order valence-corrected chi connectivity index (χ4v) is 2.57. The van der Waals surface area contributed by atoms with Gasteiger partial charge in [0.15, 0.2) is 0 Å². The molecule has 0 atom stereocenters. The van der Waals surface area contributed by atoms with E-state index in [1.54, 1.807) is 0 Å². The molecule has 0 aliphatic carbocycles. The molecule has 5 heteroatoms. The maximum Gasteiger partial charge on any atom is 0.137 e. The molecule has 1 fully saturated rings. The largest absolute Gasteiger partial charge is 1.00 e. The molecule has 0 N–H and O–H groups in total. The molecule has 1 heterocycles. The van der Waals surface area contributed by atoms with E-state index in [9.17, 15) is 0 Å². The van der Waals surface area contributed by atoms with Crippen molar-refractivity contribution in [1.29, 1.82) is 0 Å². The Bertz CT molecular complexity index is 409. The summed E-state index contributed by atoms with van der Waals surface area (Å²) in [5.41, 5.74) is 1.23. The van der Waals surface area contributed by atoms with Crippen molar-refractivity contribution in [2.45, 2.75) is 32.7 Å². The topological polar surface area (TPSA) is 21.7 Å². The molecule has 1 aliphatic heterocycles. The Hall–Kier alpha value is -0.480. The molecule has 3 nitrogen and oxygen atoms in total. The number of morpholine rings is 1. The third-order valence-electron chi connectivity index (χ3n) is 3.51. The van der Waals surface area contributed by atoms with Crippen molar-refractivity contribution >= 4 is 11.6 Å². The smallest absolute Gasteiger partial charge is 0.137 e. The van der Waals surface area contributed by atoms with Crippen molar-refractivity contribution in [3.05, 3.63) is 28.8 Å². The molecular formula is C16H24Cl2NO2-. The number of hydrogen-bond donors (Lipinski definition) is 0. The van der Waals surface area contributed by atoms with Crippen LogP contribution in [0, 0.1) is 0 Å². The van der Waals surface area contributed by atoms with Crippen LogP contribution in [0.4, 0.5) is 0 Å². The molecule has 120 valence electrons. The standard InChI is InChI=1S/C16H24ClNO2.ClH/c1-2-3-4-9-20-16-6-5-14(12-15(16)17)13-18-7-10-19-11-8-18;/h5-6,12H,2-4,7-11,13H2,1H3;1H/p-1. The zero-order valence-electron chi connectivity index (χ0n) is 12.6. The molecule has 1 aromatic rings. The minimum Gasteiger partial charge on any atom is -1.00 e. The van der Waals surface area contributed by atoms with E-state index < -0.39 is 0 Å². The summed E-state index contributed by atoms with van der Waals surface area (Å²) >= 11 is 6.29. The second-order valence-electron chi connectivity index (χ2n) is 5.21. The first-order valence-corrected chi connectivity index (χ1v) is 7.88. The van der Waals surface area contributed by atoms with Gasteiger partial charge in [0.2, 0.25) is 0 Å². The molecule has 0 spiro atoms. The molecule has 21 heavy (non-hydrogen) atoms. The fourth-order valence-electron chi connectivity index (χ4n) is 2.31. The SMILES string of the molecule is CCCCCOc1ccc(CN2CCOCC2)cc1Cl.[Cl-]. The summed E-state index contributed by atoms with van der Waals surface area (Å²) in [6, 6.07) is 6.12. The summed E-state index contributed by atoms with van der Waals surface area (Å²) in [5, 5.41) is 0.715. The lowest BCUT2D eigenvalue weighted by Crippen LogP contribution is -3.00. The van der Waals surface area contributed by atoms with Gasteiger partial charge in [-0.15, -0.1) is 0 Å². The van der Waals surface area contributed by atoms with Crippen LogP contribution in [0.5, 0.6) is 5.75 Å². The minimum atomic E-state index is 0. The van der Waals surface area contributed by atoms with E-state index >= 15 is 0 Å². The first kappa shape index (κ1) is 18.6. The van der Waals surface area contributed by atoms with Gasteiger partial charge in [0.1, 0.15) is 5.75 Å². The summed E-state index contributed by atoms with van der Waals surface area (Å²) in [5.74, 6) is 0.800. The van der Waals surface area contributed by atoms with Crippen molar-refractivity contribution in [3.63, 3.8) is 0 Å². The third kappa shape index (κ3) is 6.43. The summed E-state index contributed by atoms with van der Waals surface area (Å²) in [4.78, 5) is 2.39. The summed E-state index contributed by atoms with van der Waals surface area (Å²) in [6.07, 6.45) is 3.49. The quantitative estimate of drug-likeness (QED) is 0.688. The van der Waals surface area contributed by atoms with Crippen LogP contribution in [0.15, 0.2) is 18.2 Å². The Labute approximate surface area is 139 Å². The Morgan fingerprint density at radius 1 is 1.24 bits per heavy atom. The van der Waals surface area contributed by atoms with Crippen LogP contribution in [-0.2, 0) is 11.3 Å². The Balaban J connectivity index is 0.00000220. The highest BCUT2D eigenvalue weighted by Crippen LogP contribution is 2.26. The van der Waals surface area contributed by atoms with E-state index in [0.29, 0.717) is 5.02 Å². The highest BCUT2D eigenvalue weighted by atomic mass is 35.5. The number of nitrogens with zero attached hydrogens (tertiary/aromatic N) is 1. The number of hydrogen-bond acceptors (Lipinski definition) is 3. The molecule has 1 saturated heterocycles. The molecule has 0 aromatic heterocycles. The van der Waals surface area contributed by atoms with Crippen molar-refractivity contribution in [1.82, 2.24) is 4.90 Å². The van der Waals surface area contributed by atoms with Crippen LogP contribution in [-0.4, -0.2) is 37.8 Å². The minimum absolute atomic E-state index is 0. The predicted molar refractivity (Wildman–Crippen MR) is 82.6 cm³/mol. The van der Waals surface area contributed by atoms with Gasteiger partial charge in [-0.2, -0.15) is 0 Å². The van der Waals surface area contributed by atoms with Crippen molar-refractivity contribution in [2.75, 3.05) is 32.9 Å². The van der Waals surface area contributed by atoms with Gasteiger partial charge in [-0.3, -0.25) is 4.90 Å². The average molecular weight is 333 g/mol. The normalized spacial score (nSPS) is 15.5. The number of unbranched alkanes of at least 4 members (excludes halogenated alkanes) is 2. The van der Waals surface area contributed by atoms with E-state index in [4.69, 9.17) is 21.1 Å². The third-order valence-corrected chi connectivity index (χ3v) is 3.81. The van der Waals surface area contributed by atoms with Crippen molar-refractivity contribution < 1.29 is 21.9 Å². The molecule has 2 rings (SSSR count). The van der Waals surface area contributed by atoms with Gasteiger partial charge in [0.05, 0.1) is 24.8 Å². The second kappa shape index (κ2) is 10.3. The monoisotopic (exact) mass is 332 g/mol. The zero-order chi connectivity index (χ0) is 14.2. The number of ether oxygens (including phenoxy) is 2. The molecule has 1 aromatic carbocycles. The Morgan fingerprint density at radius 3 is 2.67 bits per heavy atom. The molecule has 0 saturated carbocycles. The van der Waals surface area contributed by atoms with Crippen molar-refractivity contribution in [3.8, 4) is 5.75 Å². The van der Waals surface area contributed by atoms with Crippen LogP contribution in [0.25, 0.3) is 0 Å². The summed E-state index contributed by atoms with van der Waals surface area (Å²) < 4.78 is 11.1. The van der Waals surface area contributed by atoms with Crippen LogP contribution in [0.3, 0.4) is 0 Å². The highest BCUT2D eigenvalue weighted by Gasteiger charge is 2.11. The zero-order valence-corrected chi connectivity index (χ0v) is 14.1. The number of rotatable bonds is 7. The lowest BCUT2D eigenvalue weighted by Gasteiger charge is -2.26. The van der Waals surface area contributed by atoms with Gasteiger partial charge in [0, 0.05) is 19.6 Å². The molecule has 0 unspecified atom stereocenters. The lowest BCUT2D eigenvalue weighted by molar-refractivity contribution is -0.00000662. The first-order valence-electron chi connectivity index (χ1n) is 7.51. The molecule has 0 amide bonds. The van der Waals surface area contributed by atoms with Gasteiger partial charge in [-0.25, -0.2) is 0 Å². The van der Waals surface area contributed by atoms with Crippen LogP contribution in [0.1, 0.15) is 31.7 Å². The molecular weight excluding hydrogens is 309 g/mol. The first-order chi connectivity index (χ1) is 9.79. The number of halogens is 2. The molecule has 1 aliphatic rings. The molecule has 0 radical (unpaired) electrons. The van der Waals surface area contributed by atoms with Gasteiger partial charge in [-0.1, -0.05) is 37.4 Å². The van der Waals surface area contributed by atoms with E-state index in [1.165, 1.54) is 18.4 Å². The van der Waals surface area contributed by atoms with E-state index in [0.717, 1.165) is 51.6 Å². The fraction of sp³-hybridized carbons (Fsp3) is 0.625. The highest BCUT2D eigenvalue weighted by molar-refractivity contribution is 6.32. The van der Waals surface area contributed by atoms with Crippen LogP contribution >= 0.6 is 11.6 Å². The lowest BCUT2D eigenvalue weighted by atomic mass is 10.2. The van der Waals surface area contributed by atoms with Gasteiger partial charge < -0.3 is 21.9 Å². The summed E-state index contributed by atoms with van der Waals surface area (Å²) in [7, 11) is 0. The maximum absolute atomic E-state index is 6.29. The molecule has 0 bridgehead atoms. The van der Waals surface area contributed by atoms with Gasteiger partial charge in [-0.05, 0) is 24.1 Å². The van der Waals surface area contributed by atoms with Crippen molar-refractivity contribution in [2.24, 2.45) is 0 Å². The van der Waals surface area contributed by atoms with E-state index in [1.807, 2.05) is 12.1 Å². The Morgan fingerprint density at radius 2 is 2.00 bits per heavy atom. The average Bonchev–Trinajstić information content (AvgIpc) is 2.46.